The van der Waals surface area contributed by atoms with E-state index in [0.717, 1.165) is 25.7 Å². The predicted octanol–water partition coefficient (Wildman–Crippen LogP) is 1.56. The Balaban J connectivity index is 1.94. The number of hydrogen-bond acceptors (Lipinski definition) is 4. The van der Waals surface area contributed by atoms with Gasteiger partial charge in [0, 0.05) is 6.54 Å². The third-order valence-electron chi connectivity index (χ3n) is 3.86. The first kappa shape index (κ1) is 14.7. The van der Waals surface area contributed by atoms with Crippen LogP contribution in [0.1, 0.15) is 36.0 Å². The standard InChI is InChI=1S/C15H22N2O3/c1-20-14-12(3-2-4-13(14)16)15(19)17-9-10-5-7-11(18)8-6-10/h2-4,10-11,18H,5-9,16H2,1H3,(H,17,19). The van der Waals surface area contributed by atoms with Crippen LogP contribution in [0.25, 0.3) is 0 Å². The van der Waals surface area contributed by atoms with Crippen LogP contribution in [0.3, 0.4) is 0 Å². The summed E-state index contributed by atoms with van der Waals surface area (Å²) in [6, 6.07) is 5.15. The molecule has 1 fully saturated rings. The number of para-hydroxylation sites is 1. The van der Waals surface area contributed by atoms with Crippen molar-refractivity contribution in [2.24, 2.45) is 5.92 Å². The number of anilines is 1. The van der Waals surface area contributed by atoms with Gasteiger partial charge in [0.05, 0.1) is 24.5 Å². The maximum absolute atomic E-state index is 12.2. The van der Waals surface area contributed by atoms with Crippen LogP contribution in [0.15, 0.2) is 18.2 Å². The summed E-state index contributed by atoms with van der Waals surface area (Å²) >= 11 is 0. The SMILES string of the molecule is COc1c(N)cccc1C(=O)NCC1CCC(O)CC1. The normalized spacial score (nSPS) is 22.3. The largest absolute Gasteiger partial charge is 0.494 e. The Morgan fingerprint density at radius 3 is 2.75 bits per heavy atom. The van der Waals surface area contributed by atoms with E-state index in [2.05, 4.69) is 5.32 Å². The maximum atomic E-state index is 12.2. The number of hydrogen-bond donors (Lipinski definition) is 3. The molecule has 1 aliphatic rings. The van der Waals surface area contributed by atoms with Gasteiger partial charge in [0.25, 0.3) is 5.91 Å². The smallest absolute Gasteiger partial charge is 0.255 e. The number of rotatable bonds is 4. The lowest BCUT2D eigenvalue weighted by Gasteiger charge is -2.25. The molecule has 0 spiro atoms. The monoisotopic (exact) mass is 278 g/mol. The van der Waals surface area contributed by atoms with E-state index in [-0.39, 0.29) is 12.0 Å². The molecular weight excluding hydrogens is 256 g/mol. The van der Waals surface area contributed by atoms with Crippen molar-refractivity contribution in [1.29, 1.82) is 0 Å². The molecule has 1 aromatic rings. The second-order valence-corrected chi connectivity index (χ2v) is 5.31. The van der Waals surface area contributed by atoms with Gasteiger partial charge in [-0.25, -0.2) is 0 Å². The summed E-state index contributed by atoms with van der Waals surface area (Å²) in [5, 5.41) is 12.4. The van der Waals surface area contributed by atoms with E-state index in [0.29, 0.717) is 29.5 Å². The highest BCUT2D eigenvalue weighted by Gasteiger charge is 2.21. The summed E-state index contributed by atoms with van der Waals surface area (Å²) in [4.78, 5) is 12.2. The number of nitrogens with two attached hydrogens (primary N) is 1. The quantitative estimate of drug-likeness (QED) is 0.730. The number of carbonyl (C=O) groups excluding carboxylic acids is 1. The molecule has 5 heteroatoms. The molecular formula is C15H22N2O3. The minimum Gasteiger partial charge on any atom is -0.494 e. The van der Waals surface area contributed by atoms with Gasteiger partial charge >= 0.3 is 0 Å². The van der Waals surface area contributed by atoms with Crippen LogP contribution in [0.4, 0.5) is 5.69 Å². The first-order chi connectivity index (χ1) is 9.61. The zero-order chi connectivity index (χ0) is 14.5. The highest BCUT2D eigenvalue weighted by Crippen LogP contribution is 2.26. The molecule has 1 amide bonds. The van der Waals surface area contributed by atoms with E-state index in [1.807, 2.05) is 0 Å². The molecule has 20 heavy (non-hydrogen) atoms. The van der Waals surface area contributed by atoms with Gasteiger partial charge in [0.15, 0.2) is 5.75 Å². The summed E-state index contributed by atoms with van der Waals surface area (Å²) in [7, 11) is 1.50. The minimum atomic E-state index is -0.170. The van der Waals surface area contributed by atoms with Crippen molar-refractivity contribution in [3.63, 3.8) is 0 Å². The predicted molar refractivity (Wildman–Crippen MR) is 77.7 cm³/mol. The van der Waals surface area contributed by atoms with Crippen molar-refractivity contribution in [1.82, 2.24) is 5.32 Å². The molecule has 0 unspecified atom stereocenters. The van der Waals surface area contributed by atoms with Crippen LogP contribution >= 0.6 is 0 Å². The molecule has 0 heterocycles. The molecule has 0 radical (unpaired) electrons. The number of benzene rings is 1. The second kappa shape index (κ2) is 6.61. The Kier molecular flexibility index (Phi) is 4.84. The molecule has 0 bridgehead atoms. The third-order valence-corrected chi connectivity index (χ3v) is 3.86. The Bertz CT molecular complexity index is 468. The number of methoxy groups -OCH3 is 1. The van der Waals surface area contributed by atoms with Crippen LogP contribution < -0.4 is 15.8 Å². The topological polar surface area (TPSA) is 84.6 Å². The Labute approximate surface area is 119 Å². The number of aliphatic hydroxyl groups is 1. The third kappa shape index (κ3) is 3.42. The lowest BCUT2D eigenvalue weighted by molar-refractivity contribution is 0.0908. The molecule has 1 aromatic carbocycles. The van der Waals surface area contributed by atoms with Crippen molar-refractivity contribution in [3.8, 4) is 5.75 Å². The average Bonchev–Trinajstić information content (AvgIpc) is 2.46. The van der Waals surface area contributed by atoms with Crippen LogP contribution in [-0.2, 0) is 0 Å². The number of amides is 1. The van der Waals surface area contributed by atoms with E-state index in [1.165, 1.54) is 7.11 Å². The Hall–Kier alpha value is -1.75. The molecule has 1 saturated carbocycles. The molecule has 110 valence electrons. The lowest BCUT2D eigenvalue weighted by atomic mass is 9.87. The molecule has 4 N–H and O–H groups in total. The summed E-state index contributed by atoms with van der Waals surface area (Å²) in [6.45, 7) is 0.628. The van der Waals surface area contributed by atoms with Crippen molar-refractivity contribution >= 4 is 11.6 Å². The van der Waals surface area contributed by atoms with Gasteiger partial charge in [0.2, 0.25) is 0 Å². The van der Waals surface area contributed by atoms with Crippen LogP contribution in [0, 0.1) is 5.92 Å². The average molecular weight is 278 g/mol. The van der Waals surface area contributed by atoms with Gasteiger partial charge in [0.1, 0.15) is 0 Å². The maximum Gasteiger partial charge on any atom is 0.255 e. The van der Waals surface area contributed by atoms with E-state index < -0.39 is 0 Å². The van der Waals surface area contributed by atoms with Gasteiger partial charge in [-0.05, 0) is 43.7 Å². The number of ether oxygens (including phenoxy) is 1. The fourth-order valence-corrected chi connectivity index (χ4v) is 2.64. The van der Waals surface area contributed by atoms with Gasteiger partial charge in [-0.3, -0.25) is 4.79 Å². The summed E-state index contributed by atoms with van der Waals surface area (Å²) < 4.78 is 5.18. The molecule has 2 rings (SSSR count). The summed E-state index contributed by atoms with van der Waals surface area (Å²) in [6.07, 6.45) is 3.38. The first-order valence-corrected chi connectivity index (χ1v) is 7.00. The molecule has 0 aliphatic heterocycles. The molecule has 0 atom stereocenters. The fraction of sp³-hybridized carbons (Fsp3) is 0.533. The van der Waals surface area contributed by atoms with E-state index in [1.54, 1.807) is 18.2 Å². The Morgan fingerprint density at radius 2 is 2.10 bits per heavy atom. The minimum absolute atomic E-state index is 0.166. The molecule has 5 nitrogen and oxygen atoms in total. The fourth-order valence-electron chi connectivity index (χ4n) is 2.64. The van der Waals surface area contributed by atoms with Crippen molar-refractivity contribution < 1.29 is 14.6 Å². The number of carbonyl (C=O) groups is 1. The molecule has 0 aromatic heterocycles. The first-order valence-electron chi connectivity index (χ1n) is 7.00. The van der Waals surface area contributed by atoms with Gasteiger partial charge in [-0.2, -0.15) is 0 Å². The van der Waals surface area contributed by atoms with Gasteiger partial charge in [-0.1, -0.05) is 6.07 Å². The van der Waals surface area contributed by atoms with Crippen LogP contribution in [0.5, 0.6) is 5.75 Å². The van der Waals surface area contributed by atoms with Gasteiger partial charge in [-0.15, -0.1) is 0 Å². The van der Waals surface area contributed by atoms with Crippen molar-refractivity contribution in [2.45, 2.75) is 31.8 Å². The van der Waals surface area contributed by atoms with E-state index in [4.69, 9.17) is 10.5 Å². The number of aliphatic hydroxyl groups excluding tert-OH is 1. The Morgan fingerprint density at radius 1 is 1.40 bits per heavy atom. The number of nitrogens with one attached hydrogen (secondary N) is 1. The molecule has 0 saturated heterocycles. The summed E-state index contributed by atoms with van der Waals surface area (Å²) in [5.41, 5.74) is 6.71. The zero-order valence-corrected chi connectivity index (χ0v) is 11.8. The number of nitrogen functional groups attached to an aromatic ring is 1. The second-order valence-electron chi connectivity index (χ2n) is 5.31. The highest BCUT2D eigenvalue weighted by atomic mass is 16.5. The van der Waals surface area contributed by atoms with E-state index in [9.17, 15) is 9.90 Å². The summed E-state index contributed by atoms with van der Waals surface area (Å²) in [5.74, 6) is 0.693. The van der Waals surface area contributed by atoms with Gasteiger partial charge < -0.3 is 20.9 Å². The zero-order valence-electron chi connectivity index (χ0n) is 11.8. The van der Waals surface area contributed by atoms with E-state index >= 15 is 0 Å². The van der Waals surface area contributed by atoms with Crippen molar-refractivity contribution in [3.05, 3.63) is 23.8 Å². The van der Waals surface area contributed by atoms with Crippen molar-refractivity contribution in [2.75, 3.05) is 19.4 Å². The van der Waals surface area contributed by atoms with Crippen LogP contribution in [-0.4, -0.2) is 30.8 Å². The van der Waals surface area contributed by atoms with Crippen LogP contribution in [0.2, 0.25) is 0 Å². The molecule has 1 aliphatic carbocycles. The highest BCUT2D eigenvalue weighted by molar-refractivity contribution is 5.98. The lowest BCUT2D eigenvalue weighted by Crippen LogP contribution is -2.32.